The maximum atomic E-state index is 12.8. The number of allylic oxidation sites excluding steroid dienone is 3. The maximum Gasteiger partial charge on any atom is 0.225 e. The van der Waals surface area contributed by atoms with Gasteiger partial charge in [-0.05, 0) is 102 Å². The van der Waals surface area contributed by atoms with Gasteiger partial charge in [0.1, 0.15) is 0 Å². The molecule has 6 N–H and O–H groups in total. The number of hydrogen-bond acceptors (Lipinski definition) is 8. The molecule has 11 unspecified atom stereocenters. The van der Waals surface area contributed by atoms with Crippen molar-refractivity contribution in [2.45, 2.75) is 168 Å². The lowest BCUT2D eigenvalue weighted by Crippen LogP contribution is -2.50. The second-order valence-corrected chi connectivity index (χ2v) is 15.2. The summed E-state index contributed by atoms with van der Waals surface area (Å²) in [6.45, 7) is 13.9. The number of carbonyl (C=O) groups excluding carboxylic acids is 2. The quantitative estimate of drug-likeness (QED) is 0.0677. The largest absolute Gasteiger partial charge is 0.392 e. The number of ether oxygens (including phenoxy) is 2. The zero-order valence-corrected chi connectivity index (χ0v) is 32.0. The van der Waals surface area contributed by atoms with Gasteiger partial charge in [0, 0.05) is 25.9 Å². The van der Waals surface area contributed by atoms with E-state index < -0.39 is 36.1 Å². The second kappa shape index (κ2) is 22.8. The van der Waals surface area contributed by atoms with Crippen molar-refractivity contribution >= 4 is 11.8 Å². The van der Waals surface area contributed by atoms with Crippen LogP contribution in [-0.4, -0.2) is 87.7 Å². The van der Waals surface area contributed by atoms with Crippen molar-refractivity contribution in [3.63, 3.8) is 0 Å². The summed E-state index contributed by atoms with van der Waals surface area (Å²) < 4.78 is 13.4. The number of rotatable bonds is 21. The number of nitrogens with one attached hydrogen (secondary N) is 2. The molecule has 10 heteroatoms. The first-order valence-electron chi connectivity index (χ1n) is 19.2. The fourth-order valence-corrected chi connectivity index (χ4v) is 6.76. The van der Waals surface area contributed by atoms with Crippen LogP contribution in [0.25, 0.3) is 0 Å². The number of aliphatic hydroxyl groups is 4. The van der Waals surface area contributed by atoms with E-state index >= 15 is 0 Å². The summed E-state index contributed by atoms with van der Waals surface area (Å²) in [4.78, 5) is 25.2. The topological polar surface area (TPSA) is 158 Å². The molecule has 0 radical (unpaired) electrons. The molecule has 2 heterocycles. The van der Waals surface area contributed by atoms with Crippen LogP contribution in [0.4, 0.5) is 0 Å². The molecule has 0 aromatic rings. The summed E-state index contributed by atoms with van der Waals surface area (Å²) in [5, 5.41) is 46.1. The van der Waals surface area contributed by atoms with E-state index in [2.05, 4.69) is 30.6 Å². The van der Waals surface area contributed by atoms with Gasteiger partial charge in [-0.1, -0.05) is 58.1 Å². The van der Waals surface area contributed by atoms with E-state index in [1.165, 1.54) is 0 Å². The van der Waals surface area contributed by atoms with Gasteiger partial charge in [-0.3, -0.25) is 9.59 Å². The van der Waals surface area contributed by atoms with Crippen molar-refractivity contribution in [2.75, 3.05) is 13.1 Å². The van der Waals surface area contributed by atoms with E-state index in [1.54, 1.807) is 26.0 Å². The Labute approximate surface area is 302 Å². The van der Waals surface area contributed by atoms with Gasteiger partial charge in [0.05, 0.1) is 49.0 Å². The van der Waals surface area contributed by atoms with Crippen molar-refractivity contribution in [1.29, 1.82) is 0 Å². The fraction of sp³-hybridized carbons (Fsp3) is 0.800. The summed E-state index contributed by atoms with van der Waals surface area (Å²) >= 11 is 0. The second-order valence-electron chi connectivity index (χ2n) is 15.2. The maximum absolute atomic E-state index is 12.8. The third kappa shape index (κ3) is 16.1. The molecule has 288 valence electrons. The van der Waals surface area contributed by atoms with Gasteiger partial charge >= 0.3 is 0 Å². The number of carbonyl (C=O) groups is 2. The molecule has 2 saturated heterocycles. The molecule has 50 heavy (non-hydrogen) atoms. The van der Waals surface area contributed by atoms with E-state index in [0.29, 0.717) is 31.2 Å². The Morgan fingerprint density at radius 1 is 0.940 bits per heavy atom. The predicted molar refractivity (Wildman–Crippen MR) is 198 cm³/mol. The van der Waals surface area contributed by atoms with E-state index in [4.69, 9.17) is 9.47 Å². The lowest BCUT2D eigenvalue weighted by Gasteiger charge is -2.48. The molecule has 0 saturated carbocycles. The normalized spacial score (nSPS) is 27.5. The average Bonchev–Trinajstić information content (AvgIpc) is 3.07. The Bertz CT molecular complexity index is 1090. The minimum Gasteiger partial charge on any atom is -0.392 e. The van der Waals surface area contributed by atoms with E-state index in [-0.39, 0.29) is 42.9 Å². The SMILES string of the molecule is CC=CC(O)CC=CCC(C)C(O)CC(=O)NCC(O)C(C)C(=O)NCCCC1OC2(CCCC(CCC(C)C=C(C)C(C)O)O2)CCC1C. The first kappa shape index (κ1) is 44.1. The molecule has 0 aromatic carbocycles. The van der Waals surface area contributed by atoms with E-state index in [9.17, 15) is 30.0 Å². The molecule has 2 aliphatic heterocycles. The molecule has 10 nitrogen and oxygen atoms in total. The highest BCUT2D eigenvalue weighted by Gasteiger charge is 2.44. The summed E-state index contributed by atoms with van der Waals surface area (Å²) in [5.41, 5.74) is 1.01. The van der Waals surface area contributed by atoms with Crippen molar-refractivity contribution in [2.24, 2.45) is 23.7 Å². The highest BCUT2D eigenvalue weighted by molar-refractivity contribution is 5.79. The molecule has 2 fully saturated rings. The molecular formula is C40H70N2O8. The Morgan fingerprint density at radius 3 is 2.36 bits per heavy atom. The lowest BCUT2D eigenvalue weighted by molar-refractivity contribution is -0.324. The summed E-state index contributed by atoms with van der Waals surface area (Å²) in [6, 6.07) is 0. The number of hydrogen-bond donors (Lipinski definition) is 6. The first-order chi connectivity index (χ1) is 23.7. The van der Waals surface area contributed by atoms with Gasteiger partial charge < -0.3 is 40.5 Å². The third-order valence-corrected chi connectivity index (χ3v) is 10.6. The van der Waals surface area contributed by atoms with Crippen LogP contribution in [0, 0.1) is 23.7 Å². The molecule has 11 atom stereocenters. The Balaban J connectivity index is 1.70. The monoisotopic (exact) mass is 707 g/mol. The van der Waals surface area contributed by atoms with Crippen LogP contribution >= 0.6 is 0 Å². The van der Waals surface area contributed by atoms with Crippen molar-refractivity contribution in [1.82, 2.24) is 10.6 Å². The summed E-state index contributed by atoms with van der Waals surface area (Å²) in [5.74, 6) is -1.26. The van der Waals surface area contributed by atoms with E-state index in [0.717, 1.165) is 63.4 Å². The zero-order valence-electron chi connectivity index (χ0n) is 32.0. The van der Waals surface area contributed by atoms with Gasteiger partial charge in [-0.15, -0.1) is 0 Å². The Hall–Kier alpha value is -2.08. The molecule has 0 bridgehead atoms. The Kier molecular flexibility index (Phi) is 20.1. The van der Waals surface area contributed by atoms with Gasteiger partial charge in [-0.25, -0.2) is 0 Å². The predicted octanol–water partition coefficient (Wildman–Crippen LogP) is 5.48. The Morgan fingerprint density at radius 2 is 1.66 bits per heavy atom. The van der Waals surface area contributed by atoms with Crippen LogP contribution in [0.15, 0.2) is 36.0 Å². The highest BCUT2D eigenvalue weighted by Crippen LogP contribution is 2.43. The van der Waals surface area contributed by atoms with Gasteiger partial charge in [0.2, 0.25) is 11.8 Å². The standard InChI is InChI=1S/C40H70N2O8/c1-8-13-33(44)15-10-9-14-28(3)35(45)25-38(47)42-26-36(46)31(6)39(48)41-23-12-17-37-29(4)20-22-40(50-37)21-11-16-34(49-40)19-18-27(2)24-30(5)32(7)43/h8-10,13,24,27-29,31-37,43-46H,11-12,14-23,25-26H2,1-7H3,(H,41,48)(H,42,47). The minimum absolute atomic E-state index is 0.0541. The summed E-state index contributed by atoms with van der Waals surface area (Å²) in [6.07, 6.45) is 16.3. The van der Waals surface area contributed by atoms with E-state index in [1.807, 2.05) is 32.9 Å². The minimum atomic E-state index is -1.06. The molecule has 2 amide bonds. The van der Waals surface area contributed by atoms with Crippen LogP contribution in [0.3, 0.4) is 0 Å². The zero-order chi connectivity index (χ0) is 37.3. The molecule has 1 spiro atoms. The number of aliphatic hydroxyl groups excluding tert-OH is 4. The molecule has 2 rings (SSSR count). The van der Waals surface area contributed by atoms with Crippen molar-refractivity contribution in [3.05, 3.63) is 36.0 Å². The summed E-state index contributed by atoms with van der Waals surface area (Å²) in [7, 11) is 0. The first-order valence-corrected chi connectivity index (χ1v) is 19.2. The van der Waals surface area contributed by atoms with Gasteiger partial charge in [-0.2, -0.15) is 0 Å². The third-order valence-electron chi connectivity index (χ3n) is 10.6. The molecule has 2 aliphatic rings. The van der Waals surface area contributed by atoms with Crippen LogP contribution in [0.2, 0.25) is 0 Å². The van der Waals surface area contributed by atoms with Gasteiger partial charge in [0.25, 0.3) is 0 Å². The van der Waals surface area contributed by atoms with Crippen LogP contribution in [0.1, 0.15) is 126 Å². The molecular weight excluding hydrogens is 636 g/mol. The van der Waals surface area contributed by atoms with Gasteiger partial charge in [0.15, 0.2) is 5.79 Å². The number of amides is 2. The van der Waals surface area contributed by atoms with Crippen molar-refractivity contribution in [3.8, 4) is 0 Å². The van der Waals surface area contributed by atoms with Crippen LogP contribution in [-0.2, 0) is 19.1 Å². The highest BCUT2D eigenvalue weighted by atomic mass is 16.7. The molecule has 0 aromatic heterocycles. The fourth-order valence-electron chi connectivity index (χ4n) is 6.76. The average molecular weight is 707 g/mol. The molecule has 0 aliphatic carbocycles. The smallest absolute Gasteiger partial charge is 0.225 e. The lowest BCUT2D eigenvalue weighted by atomic mass is 9.85. The van der Waals surface area contributed by atoms with Crippen LogP contribution < -0.4 is 10.6 Å². The van der Waals surface area contributed by atoms with Crippen LogP contribution in [0.5, 0.6) is 0 Å². The van der Waals surface area contributed by atoms with Crippen molar-refractivity contribution < 1.29 is 39.5 Å².